The molecule has 4 unspecified atom stereocenters. The number of hydrogen-bond donors (Lipinski definition) is 2. The van der Waals surface area contributed by atoms with E-state index in [1.165, 1.54) is 25.7 Å². The van der Waals surface area contributed by atoms with Crippen LogP contribution in [0.15, 0.2) is 22.6 Å². The van der Waals surface area contributed by atoms with E-state index in [1.807, 2.05) is 18.2 Å². The molecule has 2 aliphatic carbocycles. The molecular formula is C20H23ClN4O2. The number of nitrogens with zero attached hydrogens (tertiary/aromatic N) is 2. The summed E-state index contributed by atoms with van der Waals surface area (Å²) in [5.74, 6) is 3.19. The van der Waals surface area contributed by atoms with Crippen LogP contribution >= 0.6 is 11.6 Å². The second kappa shape index (κ2) is 5.85. The summed E-state index contributed by atoms with van der Waals surface area (Å²) in [5.41, 5.74) is 1.08. The molecule has 2 N–H and O–H groups in total. The van der Waals surface area contributed by atoms with Gasteiger partial charge in [-0.3, -0.25) is 0 Å². The standard InChI is InChI=1S/C20H23ClN4O2/c21-14-4-5-16-12(8-14)3-6-17(26-16)22-19-25-24-18(27-19)20-10-13(20)9-15(23-20)7-11-1-2-11/h4-5,8,11,13,15,17,23H,1-3,6-7,9-10H2,(H,22,25). The van der Waals surface area contributed by atoms with Crippen molar-refractivity contribution in [3.05, 3.63) is 34.7 Å². The van der Waals surface area contributed by atoms with Crippen molar-refractivity contribution >= 4 is 17.6 Å². The summed E-state index contributed by atoms with van der Waals surface area (Å²) in [4.78, 5) is 0. The molecule has 1 saturated heterocycles. The van der Waals surface area contributed by atoms with Crippen molar-refractivity contribution in [1.82, 2.24) is 15.5 Å². The van der Waals surface area contributed by atoms with E-state index in [0.29, 0.717) is 18.0 Å². The van der Waals surface area contributed by atoms with Gasteiger partial charge in [0.2, 0.25) is 5.89 Å². The van der Waals surface area contributed by atoms with E-state index in [-0.39, 0.29) is 11.8 Å². The first kappa shape index (κ1) is 16.2. The van der Waals surface area contributed by atoms with Crippen LogP contribution in [0.5, 0.6) is 5.75 Å². The summed E-state index contributed by atoms with van der Waals surface area (Å²) < 4.78 is 12.0. The van der Waals surface area contributed by atoms with Gasteiger partial charge in [-0.2, -0.15) is 0 Å². The highest BCUT2D eigenvalue weighted by Gasteiger charge is 2.64. The second-order valence-corrected chi connectivity index (χ2v) is 9.02. The van der Waals surface area contributed by atoms with Crippen molar-refractivity contribution in [2.45, 2.75) is 62.8 Å². The third-order valence-corrected chi connectivity index (χ3v) is 6.74. The lowest BCUT2D eigenvalue weighted by molar-refractivity contribution is 0.196. The highest BCUT2D eigenvalue weighted by atomic mass is 35.5. The Morgan fingerprint density at radius 2 is 2.19 bits per heavy atom. The Bertz CT molecular complexity index is 883. The van der Waals surface area contributed by atoms with Gasteiger partial charge in [-0.15, -0.1) is 5.10 Å². The number of nitrogens with one attached hydrogen (secondary N) is 2. The van der Waals surface area contributed by atoms with Gasteiger partial charge < -0.3 is 19.8 Å². The Kier molecular flexibility index (Phi) is 3.51. The van der Waals surface area contributed by atoms with Crippen molar-refractivity contribution < 1.29 is 9.15 Å². The van der Waals surface area contributed by atoms with Crippen molar-refractivity contribution in [2.24, 2.45) is 11.8 Å². The Morgan fingerprint density at radius 3 is 3.07 bits per heavy atom. The lowest BCUT2D eigenvalue weighted by atomic mass is 10.1. The fraction of sp³-hybridized carbons (Fsp3) is 0.600. The van der Waals surface area contributed by atoms with Gasteiger partial charge in [0.15, 0.2) is 6.23 Å². The number of benzene rings is 1. The SMILES string of the molecule is Clc1ccc2c(c1)CCC(Nc1nnc(C34CC3CC(CC3CC3)N4)o1)O2. The van der Waals surface area contributed by atoms with Crippen LogP contribution in [0.3, 0.4) is 0 Å². The Balaban J connectivity index is 1.12. The van der Waals surface area contributed by atoms with Crippen LogP contribution in [0.4, 0.5) is 6.01 Å². The largest absolute Gasteiger partial charge is 0.470 e. The highest BCUT2D eigenvalue weighted by molar-refractivity contribution is 6.30. The molecule has 27 heavy (non-hydrogen) atoms. The Hall–Kier alpha value is -1.79. The van der Waals surface area contributed by atoms with Crippen molar-refractivity contribution in [3.8, 4) is 5.75 Å². The molecular weight excluding hydrogens is 364 g/mol. The summed E-state index contributed by atoms with van der Waals surface area (Å²) in [7, 11) is 0. The summed E-state index contributed by atoms with van der Waals surface area (Å²) in [6, 6.07) is 6.79. The van der Waals surface area contributed by atoms with Gasteiger partial charge in [0.25, 0.3) is 0 Å². The van der Waals surface area contributed by atoms with Gasteiger partial charge >= 0.3 is 6.01 Å². The topological polar surface area (TPSA) is 72.2 Å². The zero-order chi connectivity index (χ0) is 18.0. The molecule has 1 aromatic carbocycles. The first-order valence-corrected chi connectivity index (χ1v) is 10.4. The fourth-order valence-electron chi connectivity index (χ4n) is 4.85. The number of ether oxygens (including phenoxy) is 1. The van der Waals surface area contributed by atoms with E-state index in [1.54, 1.807) is 0 Å². The number of anilines is 1. The molecule has 0 radical (unpaired) electrons. The van der Waals surface area contributed by atoms with Gasteiger partial charge in [-0.25, -0.2) is 0 Å². The first-order valence-electron chi connectivity index (χ1n) is 10.0. The van der Waals surface area contributed by atoms with Crippen LogP contribution in [0.25, 0.3) is 0 Å². The van der Waals surface area contributed by atoms with Crippen LogP contribution in [0.1, 0.15) is 50.0 Å². The molecule has 1 aromatic heterocycles. The number of aryl methyl sites for hydroxylation is 1. The third-order valence-electron chi connectivity index (χ3n) is 6.51. The maximum absolute atomic E-state index is 6.06. The number of hydrogen-bond acceptors (Lipinski definition) is 6. The molecule has 2 aromatic rings. The minimum absolute atomic E-state index is 0.0662. The molecule has 0 bridgehead atoms. The van der Waals surface area contributed by atoms with Gasteiger partial charge in [0.05, 0.1) is 0 Å². The molecule has 0 spiro atoms. The zero-order valence-electron chi connectivity index (χ0n) is 15.1. The maximum atomic E-state index is 6.06. The highest BCUT2D eigenvalue weighted by Crippen LogP contribution is 2.59. The predicted molar refractivity (Wildman–Crippen MR) is 101 cm³/mol. The molecule has 2 saturated carbocycles. The molecule has 142 valence electrons. The molecule has 3 heterocycles. The monoisotopic (exact) mass is 386 g/mol. The van der Waals surface area contributed by atoms with Crippen molar-refractivity contribution in [3.63, 3.8) is 0 Å². The quantitative estimate of drug-likeness (QED) is 0.812. The maximum Gasteiger partial charge on any atom is 0.318 e. The fourth-order valence-corrected chi connectivity index (χ4v) is 5.05. The van der Waals surface area contributed by atoms with E-state index in [2.05, 4.69) is 20.8 Å². The minimum atomic E-state index is -0.168. The molecule has 2 aliphatic heterocycles. The smallest absolute Gasteiger partial charge is 0.318 e. The van der Waals surface area contributed by atoms with E-state index < -0.39 is 0 Å². The van der Waals surface area contributed by atoms with Crippen molar-refractivity contribution in [2.75, 3.05) is 5.32 Å². The molecule has 6 rings (SSSR count). The van der Waals surface area contributed by atoms with Gasteiger partial charge in [0, 0.05) is 17.5 Å². The average molecular weight is 387 g/mol. The van der Waals surface area contributed by atoms with Crippen LogP contribution in [-0.4, -0.2) is 22.5 Å². The number of halogens is 1. The van der Waals surface area contributed by atoms with E-state index in [9.17, 15) is 0 Å². The Labute approximate surface area is 163 Å². The normalized spacial score (nSPS) is 33.9. The molecule has 3 fully saturated rings. The number of rotatable bonds is 5. The Morgan fingerprint density at radius 1 is 1.26 bits per heavy atom. The van der Waals surface area contributed by atoms with Gasteiger partial charge in [-0.1, -0.05) is 29.5 Å². The van der Waals surface area contributed by atoms with Crippen LogP contribution in [0, 0.1) is 11.8 Å². The second-order valence-electron chi connectivity index (χ2n) is 8.58. The zero-order valence-corrected chi connectivity index (χ0v) is 15.8. The number of piperidine rings is 1. The van der Waals surface area contributed by atoms with Crippen LogP contribution in [0.2, 0.25) is 5.02 Å². The molecule has 0 amide bonds. The van der Waals surface area contributed by atoms with E-state index >= 15 is 0 Å². The first-order chi connectivity index (χ1) is 13.2. The number of aromatic nitrogens is 2. The van der Waals surface area contributed by atoms with E-state index in [4.69, 9.17) is 20.8 Å². The van der Waals surface area contributed by atoms with Crippen molar-refractivity contribution in [1.29, 1.82) is 0 Å². The number of fused-ring (bicyclic) bond motifs is 2. The summed E-state index contributed by atoms with van der Waals surface area (Å²) in [5, 5.41) is 16.4. The molecule has 6 nitrogen and oxygen atoms in total. The van der Waals surface area contributed by atoms with Gasteiger partial charge in [0.1, 0.15) is 11.3 Å². The lowest BCUT2D eigenvalue weighted by Gasteiger charge is -2.26. The molecule has 7 heteroatoms. The van der Waals surface area contributed by atoms with Crippen LogP contribution < -0.4 is 15.4 Å². The lowest BCUT2D eigenvalue weighted by Crippen LogP contribution is -2.34. The molecule has 4 atom stereocenters. The summed E-state index contributed by atoms with van der Waals surface area (Å²) >= 11 is 6.06. The van der Waals surface area contributed by atoms with Gasteiger partial charge in [-0.05, 0) is 61.3 Å². The average Bonchev–Trinajstić information content (AvgIpc) is 3.51. The predicted octanol–water partition coefficient (Wildman–Crippen LogP) is 3.86. The third kappa shape index (κ3) is 2.90. The summed E-state index contributed by atoms with van der Waals surface area (Å²) in [6.07, 6.45) is 8.04. The van der Waals surface area contributed by atoms with E-state index in [0.717, 1.165) is 47.4 Å². The van der Waals surface area contributed by atoms with Crippen LogP contribution in [-0.2, 0) is 12.0 Å². The minimum Gasteiger partial charge on any atom is -0.470 e. The molecule has 4 aliphatic rings. The summed E-state index contributed by atoms with van der Waals surface area (Å²) in [6.45, 7) is 0.